The van der Waals surface area contributed by atoms with Crippen molar-refractivity contribution in [1.82, 2.24) is 15.5 Å². The van der Waals surface area contributed by atoms with Crippen molar-refractivity contribution in [1.29, 1.82) is 0 Å². The van der Waals surface area contributed by atoms with Crippen LogP contribution < -0.4 is 10.6 Å². The van der Waals surface area contributed by atoms with E-state index >= 15 is 0 Å². The molecule has 3 nitrogen and oxygen atoms in total. The molecule has 9 heavy (non-hydrogen) atoms. The summed E-state index contributed by atoms with van der Waals surface area (Å²) in [4.78, 5) is 2.32. The van der Waals surface area contributed by atoms with Crippen molar-refractivity contribution in [3.05, 3.63) is 12.4 Å². The molecule has 0 spiro atoms. The number of piperazine rings is 1. The quantitative estimate of drug-likeness (QED) is 0.448. The van der Waals surface area contributed by atoms with E-state index in [1.807, 2.05) is 6.20 Å². The second-order valence-corrected chi connectivity index (χ2v) is 2.44. The molecule has 2 N–H and O–H groups in total. The first-order chi connectivity index (χ1) is 4.47. The first-order valence-electron chi connectivity index (χ1n) is 3.36. The molecule has 1 saturated heterocycles. The van der Waals surface area contributed by atoms with Crippen LogP contribution in [-0.2, 0) is 0 Å². The summed E-state index contributed by atoms with van der Waals surface area (Å²) in [6.45, 7) is 3.31. The topological polar surface area (TPSA) is 27.3 Å². The van der Waals surface area contributed by atoms with Gasteiger partial charge >= 0.3 is 0 Å². The summed E-state index contributed by atoms with van der Waals surface area (Å²) in [6.07, 6.45) is 4.65. The summed E-state index contributed by atoms with van der Waals surface area (Å²) in [5.41, 5.74) is 0. The second-order valence-electron chi connectivity index (χ2n) is 2.44. The van der Waals surface area contributed by atoms with E-state index in [2.05, 4.69) is 21.7 Å². The Labute approximate surface area is 54.7 Å². The zero-order valence-electron chi connectivity index (χ0n) is 5.30. The molecule has 0 aromatic rings. The van der Waals surface area contributed by atoms with Gasteiger partial charge in [0.15, 0.2) is 0 Å². The Balaban J connectivity index is 2.03. The van der Waals surface area contributed by atoms with Gasteiger partial charge in [-0.15, -0.1) is 0 Å². The predicted molar refractivity (Wildman–Crippen MR) is 35.6 cm³/mol. The molecule has 2 aliphatic heterocycles. The highest BCUT2D eigenvalue weighted by Crippen LogP contribution is 2.05. The van der Waals surface area contributed by atoms with Gasteiger partial charge in [-0.2, -0.15) is 0 Å². The van der Waals surface area contributed by atoms with E-state index < -0.39 is 0 Å². The molecule has 0 aromatic heterocycles. The van der Waals surface area contributed by atoms with Crippen LogP contribution in [0.4, 0.5) is 0 Å². The number of hydrogen-bond acceptors (Lipinski definition) is 3. The normalized spacial score (nSPS) is 32.0. The number of nitrogens with one attached hydrogen (secondary N) is 2. The highest BCUT2D eigenvalue weighted by Gasteiger charge is 2.20. The summed E-state index contributed by atoms with van der Waals surface area (Å²) in [5, 5.41) is 6.55. The van der Waals surface area contributed by atoms with Crippen LogP contribution in [0.3, 0.4) is 0 Å². The van der Waals surface area contributed by atoms with Gasteiger partial charge in [-0.05, 0) is 0 Å². The zero-order valence-corrected chi connectivity index (χ0v) is 5.30. The maximum atomic E-state index is 3.31. The molecule has 2 aliphatic rings. The molecule has 3 heteroatoms. The van der Waals surface area contributed by atoms with Gasteiger partial charge in [0.05, 0.1) is 0 Å². The Morgan fingerprint density at radius 3 is 3.44 bits per heavy atom. The molecule has 1 atom stereocenters. The van der Waals surface area contributed by atoms with Crippen molar-refractivity contribution in [2.24, 2.45) is 0 Å². The SMILES string of the molecule is C1=CN2CCNC[C@@H]2N1. The lowest BCUT2D eigenvalue weighted by atomic mass is 10.3. The summed E-state index contributed by atoms with van der Waals surface area (Å²) >= 11 is 0. The van der Waals surface area contributed by atoms with Crippen molar-refractivity contribution in [2.45, 2.75) is 6.17 Å². The third-order valence-electron chi connectivity index (χ3n) is 1.84. The Hall–Kier alpha value is -0.700. The van der Waals surface area contributed by atoms with E-state index in [0.29, 0.717) is 6.17 Å². The van der Waals surface area contributed by atoms with E-state index in [4.69, 9.17) is 0 Å². The molecule has 2 rings (SSSR count). The lowest BCUT2D eigenvalue weighted by Crippen LogP contribution is -2.51. The van der Waals surface area contributed by atoms with Gasteiger partial charge in [-0.25, -0.2) is 0 Å². The van der Waals surface area contributed by atoms with Crippen molar-refractivity contribution < 1.29 is 0 Å². The lowest BCUT2D eigenvalue weighted by Gasteiger charge is -2.30. The van der Waals surface area contributed by atoms with Crippen LogP contribution in [0.25, 0.3) is 0 Å². The highest BCUT2D eigenvalue weighted by atomic mass is 15.3. The Bertz CT molecular complexity index is 132. The molecule has 1 fully saturated rings. The number of rotatable bonds is 0. The molecule has 50 valence electrons. The maximum Gasteiger partial charge on any atom is 0.111 e. The fraction of sp³-hybridized carbons (Fsp3) is 0.667. The molecule has 0 unspecified atom stereocenters. The second kappa shape index (κ2) is 1.92. The van der Waals surface area contributed by atoms with E-state index in [9.17, 15) is 0 Å². The molecule has 2 heterocycles. The van der Waals surface area contributed by atoms with Crippen molar-refractivity contribution in [3.8, 4) is 0 Å². The minimum Gasteiger partial charge on any atom is -0.369 e. The van der Waals surface area contributed by atoms with Crippen LogP contribution in [0.5, 0.6) is 0 Å². The monoisotopic (exact) mass is 125 g/mol. The fourth-order valence-electron chi connectivity index (χ4n) is 1.30. The van der Waals surface area contributed by atoms with Gasteiger partial charge in [-0.1, -0.05) is 0 Å². The van der Waals surface area contributed by atoms with Crippen LogP contribution in [0.1, 0.15) is 0 Å². The average molecular weight is 125 g/mol. The van der Waals surface area contributed by atoms with E-state index in [1.165, 1.54) is 0 Å². The Morgan fingerprint density at radius 1 is 1.56 bits per heavy atom. The fourth-order valence-corrected chi connectivity index (χ4v) is 1.30. The summed E-state index contributed by atoms with van der Waals surface area (Å²) in [7, 11) is 0. The summed E-state index contributed by atoms with van der Waals surface area (Å²) < 4.78 is 0. The molecule has 0 bridgehead atoms. The van der Waals surface area contributed by atoms with Crippen molar-refractivity contribution in [3.63, 3.8) is 0 Å². The third kappa shape index (κ3) is 0.772. The van der Waals surface area contributed by atoms with Crippen LogP contribution >= 0.6 is 0 Å². The molecule has 0 radical (unpaired) electrons. The average Bonchev–Trinajstić information content (AvgIpc) is 2.33. The highest BCUT2D eigenvalue weighted by molar-refractivity contribution is 4.97. The largest absolute Gasteiger partial charge is 0.369 e. The molecule has 0 aromatic carbocycles. The first-order valence-corrected chi connectivity index (χ1v) is 3.36. The minimum atomic E-state index is 0.527. The Kier molecular flexibility index (Phi) is 1.09. The smallest absolute Gasteiger partial charge is 0.111 e. The van der Waals surface area contributed by atoms with Gasteiger partial charge in [0.2, 0.25) is 0 Å². The van der Waals surface area contributed by atoms with Crippen molar-refractivity contribution >= 4 is 0 Å². The molecule has 0 saturated carbocycles. The van der Waals surface area contributed by atoms with Crippen LogP contribution in [0.15, 0.2) is 12.4 Å². The maximum absolute atomic E-state index is 3.31. The number of nitrogens with zero attached hydrogens (tertiary/aromatic N) is 1. The number of fused-ring (bicyclic) bond motifs is 1. The van der Waals surface area contributed by atoms with Gasteiger partial charge in [0.1, 0.15) is 6.17 Å². The summed E-state index contributed by atoms with van der Waals surface area (Å²) in [6, 6.07) is 0. The minimum absolute atomic E-state index is 0.527. The Morgan fingerprint density at radius 2 is 2.56 bits per heavy atom. The predicted octanol–water partition coefficient (Wildman–Crippen LogP) is -0.708. The van der Waals surface area contributed by atoms with Crippen LogP contribution in [-0.4, -0.2) is 30.7 Å². The molecule has 0 aliphatic carbocycles. The molecular formula is C6H11N3. The van der Waals surface area contributed by atoms with E-state index in [0.717, 1.165) is 19.6 Å². The standard InChI is InChI=1S/C6H11N3/c1-3-9-4-2-8-6(9)5-7-1/h2,4,6-8H,1,3,5H2/t6-/m1/s1. The van der Waals surface area contributed by atoms with E-state index in [1.54, 1.807) is 0 Å². The third-order valence-corrected chi connectivity index (χ3v) is 1.84. The van der Waals surface area contributed by atoms with Gasteiger partial charge in [-0.3, -0.25) is 0 Å². The van der Waals surface area contributed by atoms with Crippen LogP contribution in [0.2, 0.25) is 0 Å². The molecular weight excluding hydrogens is 114 g/mol. The van der Waals surface area contributed by atoms with Gasteiger partial charge in [0, 0.05) is 32.0 Å². The summed E-state index contributed by atoms with van der Waals surface area (Å²) in [5.74, 6) is 0. The van der Waals surface area contributed by atoms with Crippen molar-refractivity contribution in [2.75, 3.05) is 19.6 Å². The zero-order chi connectivity index (χ0) is 6.10. The van der Waals surface area contributed by atoms with Gasteiger partial charge in [0.25, 0.3) is 0 Å². The lowest BCUT2D eigenvalue weighted by molar-refractivity contribution is 0.231. The van der Waals surface area contributed by atoms with Gasteiger partial charge < -0.3 is 15.5 Å². The van der Waals surface area contributed by atoms with Crippen LogP contribution in [0, 0.1) is 0 Å². The molecule has 0 amide bonds. The van der Waals surface area contributed by atoms with E-state index in [-0.39, 0.29) is 0 Å². The number of hydrogen-bond donors (Lipinski definition) is 2. The first kappa shape index (κ1) is 5.11.